The molecule has 1 amide bonds. The number of carbonyl (C=O) groups excluding carboxylic acids is 1. The molecule has 4 rings (SSSR count). The van der Waals surface area contributed by atoms with E-state index in [1.54, 1.807) is 6.26 Å². The lowest BCUT2D eigenvalue weighted by Gasteiger charge is -2.33. The number of anilines is 1. The van der Waals surface area contributed by atoms with Crippen molar-refractivity contribution in [1.82, 2.24) is 10.2 Å². The number of sulfonamides is 1. The van der Waals surface area contributed by atoms with Crippen LogP contribution in [0.3, 0.4) is 0 Å². The average molecular weight is 520 g/mol. The van der Waals surface area contributed by atoms with Crippen molar-refractivity contribution in [2.75, 3.05) is 31.0 Å². The molecule has 186 valence electrons. The third-order valence-corrected chi connectivity index (χ3v) is 8.30. The standard InChI is InChI=1S/C25H27ClFN3O4S/c1-29(19-9-7-18(27)8-10-19)35(32,33)20-11-12-22(26)21(16-20)25(31)28-17-23(24-6-5-15-34-24)30-13-3-2-4-14-30/h5-12,15-16,23H,2-4,13-14,17H2,1H3,(H,28,31)/t23-/m0/s1. The van der Waals surface area contributed by atoms with Crippen LogP contribution in [-0.2, 0) is 10.0 Å². The van der Waals surface area contributed by atoms with Crippen LogP contribution in [0, 0.1) is 5.82 Å². The molecule has 1 fully saturated rings. The lowest BCUT2D eigenvalue weighted by molar-refractivity contribution is 0.0914. The van der Waals surface area contributed by atoms with Crippen LogP contribution < -0.4 is 9.62 Å². The number of halogens is 2. The fraction of sp³-hybridized carbons (Fsp3) is 0.320. The van der Waals surface area contributed by atoms with Gasteiger partial charge in [0.25, 0.3) is 15.9 Å². The van der Waals surface area contributed by atoms with Gasteiger partial charge in [0, 0.05) is 13.6 Å². The van der Waals surface area contributed by atoms with Crippen molar-refractivity contribution in [3.63, 3.8) is 0 Å². The van der Waals surface area contributed by atoms with Crippen LogP contribution in [0.2, 0.25) is 5.02 Å². The maximum Gasteiger partial charge on any atom is 0.264 e. The van der Waals surface area contributed by atoms with Gasteiger partial charge in [0.15, 0.2) is 0 Å². The number of nitrogens with zero attached hydrogens (tertiary/aromatic N) is 2. The summed E-state index contributed by atoms with van der Waals surface area (Å²) >= 11 is 6.28. The molecule has 3 aromatic rings. The number of likely N-dealkylation sites (tertiary alicyclic amines) is 1. The van der Waals surface area contributed by atoms with E-state index in [4.69, 9.17) is 16.0 Å². The molecule has 1 aromatic heterocycles. The van der Waals surface area contributed by atoms with Gasteiger partial charge >= 0.3 is 0 Å². The lowest BCUT2D eigenvalue weighted by atomic mass is 10.1. The van der Waals surface area contributed by atoms with Gasteiger partial charge in [0.05, 0.1) is 33.5 Å². The Morgan fingerprint density at radius 3 is 2.51 bits per heavy atom. The highest BCUT2D eigenvalue weighted by Gasteiger charge is 2.27. The largest absolute Gasteiger partial charge is 0.468 e. The van der Waals surface area contributed by atoms with Gasteiger partial charge in [0.2, 0.25) is 0 Å². The molecule has 0 radical (unpaired) electrons. The first kappa shape index (κ1) is 25.2. The van der Waals surface area contributed by atoms with Gasteiger partial charge in [-0.05, 0) is 80.5 Å². The van der Waals surface area contributed by atoms with E-state index in [0.717, 1.165) is 36.0 Å². The monoisotopic (exact) mass is 519 g/mol. The van der Waals surface area contributed by atoms with Gasteiger partial charge < -0.3 is 9.73 Å². The summed E-state index contributed by atoms with van der Waals surface area (Å²) in [5.74, 6) is -0.192. The molecule has 1 saturated heterocycles. The molecule has 0 saturated carbocycles. The molecule has 1 aliphatic heterocycles. The van der Waals surface area contributed by atoms with Gasteiger partial charge in [-0.3, -0.25) is 14.0 Å². The molecule has 2 heterocycles. The number of hydrogen-bond acceptors (Lipinski definition) is 5. The normalized spacial score (nSPS) is 15.5. The van der Waals surface area contributed by atoms with E-state index in [1.165, 1.54) is 55.9 Å². The summed E-state index contributed by atoms with van der Waals surface area (Å²) < 4.78 is 46.2. The summed E-state index contributed by atoms with van der Waals surface area (Å²) in [4.78, 5) is 15.3. The molecule has 35 heavy (non-hydrogen) atoms. The van der Waals surface area contributed by atoms with Gasteiger partial charge in [0.1, 0.15) is 11.6 Å². The number of hydrogen-bond donors (Lipinski definition) is 1. The van der Waals surface area contributed by atoms with E-state index in [9.17, 15) is 17.6 Å². The number of furan rings is 1. The second kappa shape index (κ2) is 10.8. The first-order valence-corrected chi connectivity index (χ1v) is 13.2. The minimum atomic E-state index is -4.01. The zero-order chi connectivity index (χ0) is 25.0. The smallest absolute Gasteiger partial charge is 0.264 e. The predicted molar refractivity (Wildman–Crippen MR) is 133 cm³/mol. The number of carbonyl (C=O) groups is 1. The summed E-state index contributed by atoms with van der Waals surface area (Å²) in [6.45, 7) is 2.10. The Bertz CT molecular complexity index is 1260. The molecular formula is C25H27ClFN3O4S. The van der Waals surface area contributed by atoms with E-state index < -0.39 is 21.7 Å². The molecule has 0 spiro atoms. The Balaban J connectivity index is 1.53. The van der Waals surface area contributed by atoms with Crippen molar-refractivity contribution in [2.24, 2.45) is 0 Å². The number of piperidine rings is 1. The topological polar surface area (TPSA) is 82.9 Å². The van der Waals surface area contributed by atoms with Crippen molar-refractivity contribution < 1.29 is 22.0 Å². The van der Waals surface area contributed by atoms with Crippen LogP contribution in [0.1, 0.15) is 41.4 Å². The average Bonchev–Trinajstić information content (AvgIpc) is 3.39. The third-order valence-electron chi connectivity index (χ3n) is 6.19. The maximum atomic E-state index is 13.3. The third kappa shape index (κ3) is 5.69. The minimum absolute atomic E-state index is 0.0529. The number of nitrogens with one attached hydrogen (secondary N) is 1. The van der Waals surface area contributed by atoms with E-state index in [-0.39, 0.29) is 33.8 Å². The zero-order valence-corrected chi connectivity index (χ0v) is 20.9. The van der Waals surface area contributed by atoms with E-state index in [2.05, 4.69) is 10.2 Å². The molecule has 0 unspecified atom stereocenters. The zero-order valence-electron chi connectivity index (χ0n) is 19.3. The van der Waals surface area contributed by atoms with Gasteiger partial charge in [-0.25, -0.2) is 12.8 Å². The summed E-state index contributed by atoms with van der Waals surface area (Å²) in [5.41, 5.74) is 0.340. The first-order valence-electron chi connectivity index (χ1n) is 11.4. The van der Waals surface area contributed by atoms with E-state index >= 15 is 0 Å². The molecule has 1 N–H and O–H groups in total. The molecule has 0 bridgehead atoms. The van der Waals surface area contributed by atoms with Crippen molar-refractivity contribution in [3.05, 3.63) is 83.0 Å². The van der Waals surface area contributed by atoms with Crippen LogP contribution in [0.15, 0.2) is 70.2 Å². The minimum Gasteiger partial charge on any atom is -0.468 e. The lowest BCUT2D eigenvalue weighted by Crippen LogP contribution is -2.40. The Morgan fingerprint density at radius 1 is 1.14 bits per heavy atom. The van der Waals surface area contributed by atoms with E-state index in [0.29, 0.717) is 0 Å². The van der Waals surface area contributed by atoms with Crippen LogP contribution in [0.4, 0.5) is 10.1 Å². The summed E-state index contributed by atoms with van der Waals surface area (Å²) in [6.07, 6.45) is 4.95. The number of rotatable bonds is 8. The first-order chi connectivity index (χ1) is 16.8. The highest BCUT2D eigenvalue weighted by atomic mass is 35.5. The Hall–Kier alpha value is -2.88. The highest BCUT2D eigenvalue weighted by Crippen LogP contribution is 2.27. The maximum absolute atomic E-state index is 13.3. The molecule has 0 aliphatic carbocycles. The summed E-state index contributed by atoms with van der Waals surface area (Å²) in [6, 6.07) is 12.6. The second-order valence-electron chi connectivity index (χ2n) is 8.43. The Kier molecular flexibility index (Phi) is 7.78. The van der Waals surface area contributed by atoms with Gasteiger partial charge in [-0.2, -0.15) is 0 Å². The molecule has 10 heteroatoms. The molecule has 7 nitrogen and oxygen atoms in total. The van der Waals surface area contributed by atoms with Crippen LogP contribution in [0.25, 0.3) is 0 Å². The molecular weight excluding hydrogens is 493 g/mol. The predicted octanol–water partition coefficient (Wildman–Crippen LogP) is 4.85. The Morgan fingerprint density at radius 2 is 1.86 bits per heavy atom. The molecule has 1 aliphatic rings. The van der Waals surface area contributed by atoms with E-state index in [1.807, 2.05) is 12.1 Å². The van der Waals surface area contributed by atoms with Gasteiger partial charge in [-0.15, -0.1) is 0 Å². The summed E-state index contributed by atoms with van der Waals surface area (Å²) in [7, 11) is -2.65. The number of amides is 1. The second-order valence-corrected chi connectivity index (χ2v) is 10.8. The summed E-state index contributed by atoms with van der Waals surface area (Å²) in [5, 5.41) is 3.03. The van der Waals surface area contributed by atoms with Crippen molar-refractivity contribution in [1.29, 1.82) is 0 Å². The van der Waals surface area contributed by atoms with Crippen molar-refractivity contribution in [3.8, 4) is 0 Å². The molecule has 1 atom stereocenters. The fourth-order valence-electron chi connectivity index (χ4n) is 4.19. The Labute approximate surface area is 209 Å². The van der Waals surface area contributed by atoms with Crippen molar-refractivity contribution in [2.45, 2.75) is 30.2 Å². The fourth-order valence-corrected chi connectivity index (χ4v) is 5.62. The van der Waals surface area contributed by atoms with Crippen LogP contribution >= 0.6 is 11.6 Å². The van der Waals surface area contributed by atoms with Crippen LogP contribution in [-0.4, -0.2) is 45.9 Å². The van der Waals surface area contributed by atoms with Gasteiger partial charge in [-0.1, -0.05) is 18.0 Å². The number of benzene rings is 2. The SMILES string of the molecule is CN(c1ccc(F)cc1)S(=O)(=O)c1ccc(Cl)c(C(=O)NC[C@@H](c2ccco2)N2CCCCC2)c1. The highest BCUT2D eigenvalue weighted by molar-refractivity contribution is 7.92. The van der Waals surface area contributed by atoms with Crippen LogP contribution in [0.5, 0.6) is 0 Å². The van der Waals surface area contributed by atoms with Crippen molar-refractivity contribution >= 4 is 33.2 Å². The molecule has 2 aromatic carbocycles. The quantitative estimate of drug-likeness (QED) is 0.460.